The van der Waals surface area contributed by atoms with Gasteiger partial charge in [-0.25, -0.2) is 9.59 Å². The largest absolute Gasteiger partial charge is 0.329 e. The predicted molar refractivity (Wildman–Crippen MR) is 91.7 cm³/mol. The number of nitrogens with one attached hydrogen (secondary N) is 3. The van der Waals surface area contributed by atoms with Crippen molar-refractivity contribution >= 4 is 23.4 Å². The molecule has 0 saturated heterocycles. The number of carbonyl (C=O) groups excluding carboxylic acids is 1. The van der Waals surface area contributed by atoms with Crippen LogP contribution in [-0.4, -0.2) is 15.6 Å². The van der Waals surface area contributed by atoms with Gasteiger partial charge < -0.3 is 5.32 Å². The molecule has 1 aliphatic rings. The molecule has 0 fully saturated rings. The second-order valence-corrected chi connectivity index (χ2v) is 6.05. The summed E-state index contributed by atoms with van der Waals surface area (Å²) >= 11 is 5.90. The van der Waals surface area contributed by atoms with Gasteiger partial charge in [0.1, 0.15) is 5.82 Å². The number of carbonyl (C=O) groups is 1. The van der Waals surface area contributed by atoms with Crippen molar-refractivity contribution in [1.29, 1.82) is 0 Å². The summed E-state index contributed by atoms with van der Waals surface area (Å²) in [6, 6.07) is 5.74. The van der Waals surface area contributed by atoms with E-state index in [1.165, 1.54) is 4.57 Å². The van der Waals surface area contributed by atoms with Gasteiger partial charge in [0.15, 0.2) is 0 Å². The first-order valence-electron chi connectivity index (χ1n) is 7.71. The highest BCUT2D eigenvalue weighted by atomic mass is 35.5. The van der Waals surface area contributed by atoms with E-state index in [1.54, 1.807) is 24.3 Å². The summed E-state index contributed by atoms with van der Waals surface area (Å²) in [7, 11) is 0. The lowest BCUT2D eigenvalue weighted by molar-refractivity contribution is 0.248. The van der Waals surface area contributed by atoms with Crippen LogP contribution in [0.4, 0.5) is 10.6 Å². The molecule has 2 heterocycles. The normalized spacial score (nSPS) is 16.2. The number of nitrogens with zero attached hydrogens (tertiary/aromatic N) is 1. The number of rotatable bonds is 4. The highest BCUT2D eigenvalue weighted by molar-refractivity contribution is 6.30. The molecule has 2 amide bonds. The molecule has 1 aromatic heterocycles. The van der Waals surface area contributed by atoms with Gasteiger partial charge in [0.05, 0.1) is 11.6 Å². The number of halogens is 1. The molecule has 7 nitrogen and oxygen atoms in total. The van der Waals surface area contributed by atoms with Crippen LogP contribution < -0.4 is 21.9 Å². The first-order valence-corrected chi connectivity index (χ1v) is 8.09. The number of urea groups is 1. The Morgan fingerprint density at radius 1 is 1.17 bits per heavy atom. The van der Waals surface area contributed by atoms with Crippen LogP contribution in [0.25, 0.3) is 0 Å². The lowest BCUT2D eigenvalue weighted by Crippen LogP contribution is -2.46. The Labute approximate surface area is 142 Å². The van der Waals surface area contributed by atoms with Crippen molar-refractivity contribution in [3.8, 4) is 0 Å². The molecule has 3 rings (SSSR count). The standard InChI is InChI=1S/C16H17ClN4O3/c1-2-3-8-21-13-11(14(22)20-16(21)24)12(18-15(23)19-13)9-4-6-10(17)7-5-9/h4-7,12H,2-3,8H2,1H3,(H2,18,19,23)(H,20,22,24). The summed E-state index contributed by atoms with van der Waals surface area (Å²) in [5, 5.41) is 5.88. The number of hydrogen-bond donors (Lipinski definition) is 3. The molecule has 0 aliphatic carbocycles. The fourth-order valence-corrected chi connectivity index (χ4v) is 2.90. The van der Waals surface area contributed by atoms with E-state index in [9.17, 15) is 14.4 Å². The third-order valence-corrected chi connectivity index (χ3v) is 4.22. The Hall–Kier alpha value is -2.54. The molecule has 0 radical (unpaired) electrons. The summed E-state index contributed by atoms with van der Waals surface area (Å²) in [5.41, 5.74) is -0.0197. The molecule has 1 aliphatic heterocycles. The van der Waals surface area contributed by atoms with E-state index in [1.807, 2.05) is 6.92 Å². The number of anilines is 1. The smallest absolute Gasteiger partial charge is 0.327 e. The third kappa shape index (κ3) is 2.94. The number of hydrogen-bond acceptors (Lipinski definition) is 3. The van der Waals surface area contributed by atoms with Crippen molar-refractivity contribution in [3.63, 3.8) is 0 Å². The summed E-state index contributed by atoms with van der Waals surface area (Å²) in [5.74, 6) is 0.251. The zero-order valence-corrected chi connectivity index (χ0v) is 13.8. The third-order valence-electron chi connectivity index (χ3n) is 3.97. The number of unbranched alkanes of at least 4 members (excludes halogenated alkanes) is 1. The second-order valence-electron chi connectivity index (χ2n) is 5.61. The number of aromatic amines is 1. The number of amides is 2. The van der Waals surface area contributed by atoms with Gasteiger partial charge in [0.2, 0.25) is 0 Å². The molecule has 24 heavy (non-hydrogen) atoms. The molecule has 0 spiro atoms. The fourth-order valence-electron chi connectivity index (χ4n) is 2.77. The van der Waals surface area contributed by atoms with Crippen LogP contribution in [0.1, 0.15) is 36.9 Å². The topological polar surface area (TPSA) is 96.0 Å². The van der Waals surface area contributed by atoms with Gasteiger partial charge in [-0.05, 0) is 24.1 Å². The molecule has 126 valence electrons. The van der Waals surface area contributed by atoms with Crippen molar-refractivity contribution in [2.75, 3.05) is 5.32 Å². The van der Waals surface area contributed by atoms with Crippen molar-refractivity contribution in [1.82, 2.24) is 14.9 Å². The van der Waals surface area contributed by atoms with Crippen LogP contribution in [-0.2, 0) is 6.54 Å². The van der Waals surface area contributed by atoms with Gasteiger partial charge in [-0.3, -0.25) is 19.7 Å². The van der Waals surface area contributed by atoms with E-state index in [2.05, 4.69) is 15.6 Å². The quantitative estimate of drug-likeness (QED) is 0.790. The Bertz CT molecular complexity index is 886. The van der Waals surface area contributed by atoms with Crippen molar-refractivity contribution in [2.24, 2.45) is 0 Å². The highest BCUT2D eigenvalue weighted by Gasteiger charge is 2.31. The maximum Gasteiger partial charge on any atom is 0.329 e. The molecule has 3 N–H and O–H groups in total. The molecule has 0 bridgehead atoms. The average molecular weight is 349 g/mol. The molecule has 1 atom stereocenters. The lowest BCUT2D eigenvalue weighted by atomic mass is 9.98. The van der Waals surface area contributed by atoms with E-state index in [-0.39, 0.29) is 5.82 Å². The Kier molecular flexibility index (Phi) is 4.44. The highest BCUT2D eigenvalue weighted by Crippen LogP contribution is 2.29. The van der Waals surface area contributed by atoms with E-state index < -0.39 is 23.3 Å². The van der Waals surface area contributed by atoms with Crippen LogP contribution in [0.2, 0.25) is 5.02 Å². The number of fused-ring (bicyclic) bond motifs is 1. The summed E-state index contributed by atoms with van der Waals surface area (Å²) in [6.45, 7) is 2.42. The minimum Gasteiger partial charge on any atom is -0.327 e. The number of benzene rings is 1. The molecule has 8 heteroatoms. The maximum atomic E-state index is 12.4. The molecular formula is C16H17ClN4O3. The average Bonchev–Trinajstić information content (AvgIpc) is 2.54. The summed E-state index contributed by atoms with van der Waals surface area (Å²) < 4.78 is 1.40. The zero-order valence-electron chi connectivity index (χ0n) is 13.1. The van der Waals surface area contributed by atoms with Crippen LogP contribution in [0, 0.1) is 0 Å². The molecular weight excluding hydrogens is 332 g/mol. The van der Waals surface area contributed by atoms with Gasteiger partial charge in [-0.1, -0.05) is 37.1 Å². The van der Waals surface area contributed by atoms with Gasteiger partial charge in [0.25, 0.3) is 5.56 Å². The van der Waals surface area contributed by atoms with Gasteiger partial charge in [0, 0.05) is 11.6 Å². The minimum absolute atomic E-state index is 0.251. The van der Waals surface area contributed by atoms with Gasteiger partial charge >= 0.3 is 11.7 Å². The lowest BCUT2D eigenvalue weighted by Gasteiger charge is -2.28. The number of aromatic nitrogens is 2. The fraction of sp³-hybridized carbons (Fsp3) is 0.312. The van der Waals surface area contributed by atoms with Crippen LogP contribution >= 0.6 is 11.6 Å². The van der Waals surface area contributed by atoms with Crippen LogP contribution in [0.15, 0.2) is 33.9 Å². The first-order chi connectivity index (χ1) is 11.5. The van der Waals surface area contributed by atoms with Gasteiger partial charge in [-0.15, -0.1) is 0 Å². The zero-order chi connectivity index (χ0) is 17.3. The van der Waals surface area contributed by atoms with Crippen molar-refractivity contribution < 1.29 is 4.79 Å². The van der Waals surface area contributed by atoms with E-state index >= 15 is 0 Å². The SMILES string of the molecule is CCCCn1c2c(c(=O)[nH]c1=O)C(c1ccc(Cl)cc1)NC(=O)N2. The monoisotopic (exact) mass is 348 g/mol. The van der Waals surface area contributed by atoms with Gasteiger partial charge in [-0.2, -0.15) is 0 Å². The second kappa shape index (κ2) is 6.52. The van der Waals surface area contributed by atoms with Crippen molar-refractivity contribution in [2.45, 2.75) is 32.4 Å². The Morgan fingerprint density at radius 3 is 2.54 bits per heavy atom. The molecule has 2 aromatic rings. The minimum atomic E-state index is -0.650. The maximum absolute atomic E-state index is 12.4. The van der Waals surface area contributed by atoms with E-state index in [4.69, 9.17) is 11.6 Å². The molecule has 1 unspecified atom stereocenters. The predicted octanol–water partition coefficient (Wildman–Crippen LogP) is 2.21. The van der Waals surface area contributed by atoms with Crippen LogP contribution in [0.3, 0.4) is 0 Å². The van der Waals surface area contributed by atoms with Crippen LogP contribution in [0.5, 0.6) is 0 Å². The Morgan fingerprint density at radius 2 is 1.88 bits per heavy atom. The molecule has 1 aromatic carbocycles. The van der Waals surface area contributed by atoms with Crippen molar-refractivity contribution in [3.05, 3.63) is 61.3 Å². The Balaban J connectivity index is 2.18. The van der Waals surface area contributed by atoms with E-state index in [0.717, 1.165) is 12.8 Å². The van der Waals surface area contributed by atoms with E-state index in [0.29, 0.717) is 22.7 Å². The molecule has 0 saturated carbocycles. The number of H-pyrrole nitrogens is 1. The summed E-state index contributed by atoms with van der Waals surface area (Å²) in [4.78, 5) is 38.9. The summed E-state index contributed by atoms with van der Waals surface area (Å²) in [6.07, 6.45) is 1.64. The first kappa shape index (κ1) is 16.3.